The summed E-state index contributed by atoms with van der Waals surface area (Å²) in [6, 6.07) is 4.93. The smallest absolute Gasteiger partial charge is 0.244 e. The average molecular weight is 458 g/mol. The lowest BCUT2D eigenvalue weighted by Gasteiger charge is -2.43. The van der Waals surface area contributed by atoms with E-state index in [0.29, 0.717) is 23.8 Å². The van der Waals surface area contributed by atoms with Crippen LogP contribution in [0.3, 0.4) is 0 Å². The summed E-state index contributed by atoms with van der Waals surface area (Å²) in [5.41, 5.74) is 1.88. The van der Waals surface area contributed by atoms with Crippen LogP contribution < -0.4 is 10.6 Å². The number of halogens is 1. The number of morpholine rings is 1. The van der Waals surface area contributed by atoms with Crippen molar-refractivity contribution in [2.75, 3.05) is 25.0 Å². The van der Waals surface area contributed by atoms with Crippen molar-refractivity contribution in [2.45, 2.75) is 45.4 Å². The highest BCUT2D eigenvalue weighted by Gasteiger charge is 2.38. The van der Waals surface area contributed by atoms with E-state index in [2.05, 4.69) is 25.5 Å². The van der Waals surface area contributed by atoms with Gasteiger partial charge < -0.3 is 20.4 Å². The summed E-state index contributed by atoms with van der Waals surface area (Å²) in [5, 5.41) is 8.37. The van der Waals surface area contributed by atoms with Gasteiger partial charge in [-0.1, -0.05) is 11.6 Å². The molecule has 1 aliphatic heterocycles. The zero-order valence-corrected chi connectivity index (χ0v) is 19.4. The van der Waals surface area contributed by atoms with Gasteiger partial charge in [0.25, 0.3) is 0 Å². The molecule has 3 heterocycles. The van der Waals surface area contributed by atoms with Gasteiger partial charge in [0.05, 0.1) is 35.1 Å². The fraction of sp³-hybridized carbons (Fsp3) is 0.435. The average Bonchev–Trinajstić information content (AvgIpc) is 3.05. The first kappa shape index (κ1) is 22.5. The number of fused-ring (bicyclic) bond motifs is 3. The molecular formula is C23H28ClN5O3. The molecule has 0 radical (unpaired) electrons. The predicted octanol–water partition coefficient (Wildman–Crippen LogP) is 3.31. The zero-order valence-electron chi connectivity index (χ0n) is 18.7. The monoisotopic (exact) mass is 457 g/mol. The Morgan fingerprint density at radius 3 is 2.91 bits per heavy atom. The van der Waals surface area contributed by atoms with Crippen LogP contribution in [-0.4, -0.2) is 64.1 Å². The van der Waals surface area contributed by atoms with Crippen molar-refractivity contribution in [3.05, 3.63) is 35.6 Å². The number of hydrogen-bond acceptors (Lipinski definition) is 5. The number of ether oxygens (including phenoxy) is 1. The zero-order chi connectivity index (χ0) is 23.0. The molecule has 1 fully saturated rings. The number of pyridine rings is 1. The molecule has 1 saturated heterocycles. The molecule has 0 spiro atoms. The first-order valence-corrected chi connectivity index (χ1v) is 11.0. The number of benzene rings is 1. The molecule has 2 atom stereocenters. The van der Waals surface area contributed by atoms with Crippen LogP contribution >= 0.6 is 11.6 Å². The second-order valence-electron chi connectivity index (χ2n) is 9.03. The number of amides is 2. The molecule has 0 aliphatic carbocycles. The van der Waals surface area contributed by atoms with Gasteiger partial charge >= 0.3 is 0 Å². The minimum atomic E-state index is -0.501. The van der Waals surface area contributed by atoms with Gasteiger partial charge in [0.2, 0.25) is 11.8 Å². The molecular weight excluding hydrogens is 430 g/mol. The number of aromatic amines is 1. The number of hydrogen-bond donors (Lipinski definition) is 3. The topological polar surface area (TPSA) is 99.4 Å². The summed E-state index contributed by atoms with van der Waals surface area (Å²) in [5.74, 6) is -0.281. The van der Waals surface area contributed by atoms with Crippen LogP contribution in [0.25, 0.3) is 21.8 Å². The maximum atomic E-state index is 13.4. The van der Waals surface area contributed by atoms with Gasteiger partial charge in [-0.25, -0.2) is 0 Å². The molecule has 9 heteroatoms. The molecule has 1 aromatic carbocycles. The third-order valence-electron chi connectivity index (χ3n) is 5.65. The SMILES string of the molecule is CC(=O)NC(C)CN1CC(C)(C)OC[C@H]1C(=O)Nc1cc(Cl)cc2c1[nH]c1cnccc12. The number of nitrogens with zero attached hydrogens (tertiary/aromatic N) is 2. The van der Waals surface area contributed by atoms with Crippen LogP contribution in [0, 0.1) is 0 Å². The number of carbonyl (C=O) groups excluding carboxylic acids is 2. The molecule has 4 rings (SSSR count). The second-order valence-corrected chi connectivity index (χ2v) is 9.47. The van der Waals surface area contributed by atoms with Gasteiger partial charge in [0.15, 0.2) is 0 Å². The number of anilines is 1. The molecule has 170 valence electrons. The third kappa shape index (κ3) is 4.72. The molecule has 8 nitrogen and oxygen atoms in total. The maximum Gasteiger partial charge on any atom is 0.244 e. The van der Waals surface area contributed by atoms with Crippen LogP contribution in [0.1, 0.15) is 27.7 Å². The van der Waals surface area contributed by atoms with Crippen molar-refractivity contribution in [2.24, 2.45) is 0 Å². The number of nitrogens with one attached hydrogen (secondary N) is 3. The van der Waals surface area contributed by atoms with Crippen molar-refractivity contribution in [3.8, 4) is 0 Å². The van der Waals surface area contributed by atoms with E-state index in [9.17, 15) is 9.59 Å². The Labute approximate surface area is 191 Å². The molecule has 2 amide bonds. The van der Waals surface area contributed by atoms with E-state index in [1.165, 1.54) is 6.92 Å². The number of carbonyl (C=O) groups is 2. The molecule has 2 aromatic heterocycles. The minimum Gasteiger partial charge on any atom is -0.372 e. The van der Waals surface area contributed by atoms with E-state index < -0.39 is 6.04 Å². The van der Waals surface area contributed by atoms with Gasteiger partial charge in [-0.05, 0) is 39.0 Å². The number of H-pyrrole nitrogens is 1. The number of aromatic nitrogens is 2. The van der Waals surface area contributed by atoms with E-state index in [4.69, 9.17) is 16.3 Å². The molecule has 3 N–H and O–H groups in total. The highest BCUT2D eigenvalue weighted by Crippen LogP contribution is 2.33. The van der Waals surface area contributed by atoms with Crippen molar-refractivity contribution >= 4 is 50.9 Å². The predicted molar refractivity (Wildman–Crippen MR) is 126 cm³/mol. The third-order valence-corrected chi connectivity index (χ3v) is 5.87. The first-order chi connectivity index (χ1) is 15.1. The second kappa shape index (κ2) is 8.69. The summed E-state index contributed by atoms with van der Waals surface area (Å²) in [6.07, 6.45) is 3.47. The molecule has 0 bridgehead atoms. The summed E-state index contributed by atoms with van der Waals surface area (Å²) >= 11 is 6.38. The highest BCUT2D eigenvalue weighted by molar-refractivity contribution is 6.33. The summed E-state index contributed by atoms with van der Waals surface area (Å²) in [4.78, 5) is 34.4. The van der Waals surface area contributed by atoms with E-state index in [1.54, 1.807) is 18.5 Å². The van der Waals surface area contributed by atoms with Crippen molar-refractivity contribution in [3.63, 3.8) is 0 Å². The summed E-state index contributed by atoms with van der Waals surface area (Å²) in [6.45, 7) is 8.77. The first-order valence-electron chi connectivity index (χ1n) is 10.6. The lowest BCUT2D eigenvalue weighted by atomic mass is 10.0. The highest BCUT2D eigenvalue weighted by atomic mass is 35.5. The van der Waals surface area contributed by atoms with E-state index in [-0.39, 0.29) is 30.1 Å². The minimum absolute atomic E-state index is 0.0966. The van der Waals surface area contributed by atoms with Crippen molar-refractivity contribution in [1.29, 1.82) is 0 Å². The normalized spacial score (nSPS) is 19.7. The Morgan fingerprint density at radius 2 is 2.16 bits per heavy atom. The fourth-order valence-corrected chi connectivity index (χ4v) is 4.58. The Bertz CT molecular complexity index is 1180. The molecule has 1 unspecified atom stereocenters. The Morgan fingerprint density at radius 1 is 1.38 bits per heavy atom. The van der Waals surface area contributed by atoms with Crippen LogP contribution in [0.2, 0.25) is 5.02 Å². The largest absolute Gasteiger partial charge is 0.372 e. The summed E-state index contributed by atoms with van der Waals surface area (Å²) < 4.78 is 5.96. The van der Waals surface area contributed by atoms with Crippen LogP contribution in [0.5, 0.6) is 0 Å². The standard InChI is InChI=1S/C23H28ClN5O3/c1-13(26-14(2)30)10-29-12-23(3,4)32-11-20(29)22(31)28-18-8-15(24)7-17-16-5-6-25-9-19(16)27-21(17)18/h5-9,13,20,27H,10-12H2,1-4H3,(H,26,30)(H,28,31)/t13?,20-/m0/s1. The number of rotatable bonds is 5. The van der Waals surface area contributed by atoms with E-state index >= 15 is 0 Å². The quantitative estimate of drug-likeness (QED) is 0.546. The molecule has 1 aliphatic rings. The van der Waals surface area contributed by atoms with Crippen LogP contribution in [-0.2, 0) is 14.3 Å². The lowest BCUT2D eigenvalue weighted by Crippen LogP contribution is -2.60. The van der Waals surface area contributed by atoms with Gasteiger partial charge in [-0.15, -0.1) is 0 Å². The van der Waals surface area contributed by atoms with Crippen LogP contribution in [0.15, 0.2) is 30.6 Å². The lowest BCUT2D eigenvalue weighted by molar-refractivity contribution is -0.143. The van der Waals surface area contributed by atoms with Crippen LogP contribution in [0.4, 0.5) is 5.69 Å². The fourth-order valence-electron chi connectivity index (χ4n) is 4.36. The van der Waals surface area contributed by atoms with Gasteiger partial charge in [-0.2, -0.15) is 0 Å². The molecule has 0 saturated carbocycles. The van der Waals surface area contributed by atoms with E-state index in [1.807, 2.05) is 32.9 Å². The van der Waals surface area contributed by atoms with E-state index in [0.717, 1.165) is 21.8 Å². The van der Waals surface area contributed by atoms with Gasteiger partial charge in [0, 0.05) is 48.0 Å². The Balaban J connectivity index is 1.61. The van der Waals surface area contributed by atoms with Crippen molar-refractivity contribution in [1.82, 2.24) is 20.2 Å². The summed E-state index contributed by atoms with van der Waals surface area (Å²) in [7, 11) is 0. The Kier molecular flexibility index (Phi) is 6.11. The van der Waals surface area contributed by atoms with Gasteiger partial charge in [-0.3, -0.25) is 19.5 Å². The Hall–Kier alpha value is -2.68. The molecule has 32 heavy (non-hydrogen) atoms. The van der Waals surface area contributed by atoms with Crippen molar-refractivity contribution < 1.29 is 14.3 Å². The van der Waals surface area contributed by atoms with Gasteiger partial charge in [0.1, 0.15) is 6.04 Å². The maximum absolute atomic E-state index is 13.4. The molecule has 3 aromatic rings.